The second kappa shape index (κ2) is 7.45. The molecule has 0 bridgehead atoms. The SMILES string of the molecule is CN1CCN(C(=O)NCc2ccccc2)CC1c1ccccc1F. The molecular formula is C19H22FN3O. The normalized spacial score (nSPS) is 18.4. The molecule has 1 atom stereocenters. The standard InChI is InChI=1S/C19H22FN3O/c1-22-11-12-23(14-18(22)16-9-5-6-10-17(16)20)19(24)21-13-15-7-3-2-4-8-15/h2-10,18H,11-14H2,1H3,(H,21,24). The topological polar surface area (TPSA) is 35.6 Å². The van der Waals surface area contributed by atoms with Gasteiger partial charge in [0.15, 0.2) is 0 Å². The Morgan fingerprint density at radius 3 is 2.58 bits per heavy atom. The van der Waals surface area contributed by atoms with Crippen molar-refractivity contribution in [2.24, 2.45) is 0 Å². The summed E-state index contributed by atoms with van der Waals surface area (Å²) >= 11 is 0. The summed E-state index contributed by atoms with van der Waals surface area (Å²) in [6, 6.07) is 16.4. The van der Waals surface area contributed by atoms with Gasteiger partial charge in [-0.3, -0.25) is 4.90 Å². The fourth-order valence-electron chi connectivity index (χ4n) is 3.02. The van der Waals surface area contributed by atoms with Crippen molar-refractivity contribution in [3.05, 3.63) is 71.5 Å². The van der Waals surface area contributed by atoms with E-state index in [-0.39, 0.29) is 17.9 Å². The van der Waals surface area contributed by atoms with Crippen LogP contribution in [0, 0.1) is 5.82 Å². The predicted octanol–water partition coefficient (Wildman–Crippen LogP) is 3.02. The molecule has 0 saturated carbocycles. The Morgan fingerprint density at radius 2 is 1.83 bits per heavy atom. The van der Waals surface area contributed by atoms with Crippen LogP contribution in [0.1, 0.15) is 17.2 Å². The zero-order valence-electron chi connectivity index (χ0n) is 13.8. The minimum absolute atomic E-state index is 0.103. The van der Waals surface area contributed by atoms with Crippen LogP contribution in [0.3, 0.4) is 0 Å². The average Bonchev–Trinajstić information content (AvgIpc) is 2.62. The number of benzene rings is 2. The predicted molar refractivity (Wildman–Crippen MR) is 92.0 cm³/mol. The molecule has 0 aliphatic carbocycles. The van der Waals surface area contributed by atoms with Crippen LogP contribution in [0.15, 0.2) is 54.6 Å². The number of nitrogens with one attached hydrogen (secondary N) is 1. The van der Waals surface area contributed by atoms with Crippen molar-refractivity contribution >= 4 is 6.03 Å². The van der Waals surface area contributed by atoms with Gasteiger partial charge < -0.3 is 10.2 Å². The fraction of sp³-hybridized carbons (Fsp3) is 0.316. The maximum Gasteiger partial charge on any atom is 0.317 e. The molecule has 1 N–H and O–H groups in total. The van der Waals surface area contributed by atoms with Crippen LogP contribution >= 0.6 is 0 Å². The molecule has 0 aromatic heterocycles. The summed E-state index contributed by atoms with van der Waals surface area (Å²) in [5, 5.41) is 2.94. The van der Waals surface area contributed by atoms with Gasteiger partial charge in [-0.25, -0.2) is 9.18 Å². The summed E-state index contributed by atoms with van der Waals surface area (Å²) < 4.78 is 14.1. The molecule has 1 heterocycles. The van der Waals surface area contributed by atoms with Gasteiger partial charge in [-0.15, -0.1) is 0 Å². The molecule has 2 amide bonds. The van der Waals surface area contributed by atoms with Gasteiger partial charge in [0.1, 0.15) is 5.82 Å². The highest BCUT2D eigenvalue weighted by molar-refractivity contribution is 5.74. The molecule has 1 saturated heterocycles. The first-order valence-corrected chi connectivity index (χ1v) is 8.16. The molecule has 1 aliphatic rings. The molecule has 1 fully saturated rings. The molecule has 24 heavy (non-hydrogen) atoms. The summed E-state index contributed by atoms with van der Waals surface area (Å²) in [6.07, 6.45) is 0. The van der Waals surface area contributed by atoms with Gasteiger partial charge in [0, 0.05) is 31.7 Å². The summed E-state index contributed by atoms with van der Waals surface area (Å²) in [7, 11) is 1.97. The number of hydrogen-bond acceptors (Lipinski definition) is 2. The molecular weight excluding hydrogens is 305 g/mol. The van der Waals surface area contributed by atoms with Crippen LogP contribution in [0.4, 0.5) is 9.18 Å². The van der Waals surface area contributed by atoms with Gasteiger partial charge in [0.25, 0.3) is 0 Å². The minimum atomic E-state index is -0.221. The Labute approximate surface area is 141 Å². The number of nitrogens with zero attached hydrogens (tertiary/aromatic N) is 2. The third-order valence-electron chi connectivity index (χ3n) is 4.49. The van der Waals surface area contributed by atoms with E-state index in [1.165, 1.54) is 6.07 Å². The van der Waals surface area contributed by atoms with Crippen molar-refractivity contribution in [1.29, 1.82) is 0 Å². The van der Waals surface area contributed by atoms with Gasteiger partial charge in [-0.1, -0.05) is 48.5 Å². The zero-order valence-corrected chi connectivity index (χ0v) is 13.8. The number of amides is 2. The first-order valence-electron chi connectivity index (χ1n) is 8.16. The van der Waals surface area contributed by atoms with E-state index in [0.717, 1.165) is 12.1 Å². The van der Waals surface area contributed by atoms with Crippen molar-refractivity contribution in [3.8, 4) is 0 Å². The van der Waals surface area contributed by atoms with E-state index >= 15 is 0 Å². The van der Waals surface area contributed by atoms with Gasteiger partial charge >= 0.3 is 6.03 Å². The van der Waals surface area contributed by atoms with Crippen molar-refractivity contribution in [2.45, 2.75) is 12.6 Å². The van der Waals surface area contributed by atoms with Crippen molar-refractivity contribution in [1.82, 2.24) is 15.1 Å². The average molecular weight is 327 g/mol. The smallest absolute Gasteiger partial charge is 0.317 e. The fourth-order valence-corrected chi connectivity index (χ4v) is 3.02. The lowest BCUT2D eigenvalue weighted by molar-refractivity contribution is 0.108. The molecule has 0 spiro atoms. The Hall–Kier alpha value is -2.40. The van der Waals surface area contributed by atoms with Crippen LogP contribution in [-0.2, 0) is 6.54 Å². The van der Waals surface area contributed by atoms with E-state index in [1.54, 1.807) is 17.0 Å². The van der Waals surface area contributed by atoms with Gasteiger partial charge in [-0.2, -0.15) is 0 Å². The number of piperazine rings is 1. The maximum atomic E-state index is 14.1. The summed E-state index contributed by atoms with van der Waals surface area (Å²) in [4.78, 5) is 16.3. The lowest BCUT2D eigenvalue weighted by Gasteiger charge is -2.39. The van der Waals surface area contributed by atoms with Gasteiger partial charge in [-0.05, 0) is 18.7 Å². The lowest BCUT2D eigenvalue weighted by Crippen LogP contribution is -2.52. The summed E-state index contributed by atoms with van der Waals surface area (Å²) in [5.74, 6) is -0.221. The Morgan fingerprint density at radius 1 is 1.12 bits per heavy atom. The number of hydrogen-bond donors (Lipinski definition) is 1. The number of carbonyl (C=O) groups is 1. The number of rotatable bonds is 3. The third kappa shape index (κ3) is 3.74. The molecule has 4 nitrogen and oxygen atoms in total. The quantitative estimate of drug-likeness (QED) is 0.940. The van der Waals surface area contributed by atoms with E-state index < -0.39 is 0 Å². The Bertz CT molecular complexity index is 692. The maximum absolute atomic E-state index is 14.1. The number of carbonyl (C=O) groups excluding carboxylic acids is 1. The molecule has 2 aromatic rings. The number of likely N-dealkylation sites (N-methyl/N-ethyl adjacent to an activating group) is 1. The highest BCUT2D eigenvalue weighted by atomic mass is 19.1. The first kappa shape index (κ1) is 16.5. The molecule has 0 radical (unpaired) electrons. The summed E-state index contributed by atoms with van der Waals surface area (Å²) in [6.45, 7) is 2.34. The molecule has 3 rings (SSSR count). The molecule has 5 heteroatoms. The van der Waals surface area contributed by atoms with E-state index in [4.69, 9.17) is 0 Å². The Kier molecular flexibility index (Phi) is 5.11. The molecule has 2 aromatic carbocycles. The van der Waals surface area contributed by atoms with E-state index in [9.17, 15) is 9.18 Å². The summed E-state index contributed by atoms with van der Waals surface area (Å²) in [5.41, 5.74) is 1.70. The number of urea groups is 1. The Balaban J connectivity index is 1.64. The highest BCUT2D eigenvalue weighted by Crippen LogP contribution is 2.26. The van der Waals surface area contributed by atoms with E-state index in [2.05, 4.69) is 10.2 Å². The minimum Gasteiger partial charge on any atom is -0.334 e. The van der Waals surface area contributed by atoms with Crippen LogP contribution in [-0.4, -0.2) is 42.5 Å². The van der Waals surface area contributed by atoms with Crippen LogP contribution in [0.2, 0.25) is 0 Å². The second-order valence-corrected chi connectivity index (χ2v) is 6.11. The zero-order chi connectivity index (χ0) is 16.9. The second-order valence-electron chi connectivity index (χ2n) is 6.11. The van der Waals surface area contributed by atoms with Crippen LogP contribution in [0.25, 0.3) is 0 Å². The highest BCUT2D eigenvalue weighted by Gasteiger charge is 2.29. The molecule has 1 unspecified atom stereocenters. The molecule has 1 aliphatic heterocycles. The third-order valence-corrected chi connectivity index (χ3v) is 4.49. The monoisotopic (exact) mass is 327 g/mol. The van der Waals surface area contributed by atoms with Gasteiger partial charge in [0.05, 0.1) is 6.04 Å². The van der Waals surface area contributed by atoms with Crippen LogP contribution < -0.4 is 5.32 Å². The van der Waals surface area contributed by atoms with Gasteiger partial charge in [0.2, 0.25) is 0 Å². The van der Waals surface area contributed by atoms with Crippen molar-refractivity contribution in [2.75, 3.05) is 26.7 Å². The van der Waals surface area contributed by atoms with Crippen molar-refractivity contribution in [3.63, 3.8) is 0 Å². The lowest BCUT2D eigenvalue weighted by atomic mass is 10.0. The van der Waals surface area contributed by atoms with Crippen molar-refractivity contribution < 1.29 is 9.18 Å². The molecule has 126 valence electrons. The van der Waals surface area contributed by atoms with Crippen LogP contribution in [0.5, 0.6) is 0 Å². The largest absolute Gasteiger partial charge is 0.334 e. The van der Waals surface area contributed by atoms with E-state index in [1.807, 2.05) is 43.4 Å². The first-order chi connectivity index (χ1) is 11.6. The number of halogens is 1. The van der Waals surface area contributed by atoms with E-state index in [0.29, 0.717) is 25.2 Å².